The second-order valence-electron chi connectivity index (χ2n) is 6.25. The molecule has 1 heterocycles. The zero-order valence-electron chi connectivity index (χ0n) is 15.8. The third-order valence-corrected chi connectivity index (χ3v) is 3.86. The van der Waals surface area contributed by atoms with E-state index in [0.717, 1.165) is 23.1 Å². The molecule has 9 heteroatoms. The fourth-order valence-electron chi connectivity index (χ4n) is 2.54. The Morgan fingerprint density at radius 2 is 1.54 bits per heavy atom. The lowest BCUT2D eigenvalue weighted by Gasteiger charge is -2.11. The van der Waals surface area contributed by atoms with Crippen LogP contribution < -0.4 is 27.2 Å². The first kappa shape index (κ1) is 20.8. The molecule has 148 valence electrons. The summed E-state index contributed by atoms with van der Waals surface area (Å²) in [5.74, 6) is 4.84. The lowest BCUT2D eigenvalue weighted by molar-refractivity contribution is -0.115. The molecule has 2 aromatic rings. The van der Waals surface area contributed by atoms with Crippen molar-refractivity contribution in [2.24, 2.45) is 5.84 Å². The van der Waals surface area contributed by atoms with Crippen molar-refractivity contribution in [2.45, 2.75) is 33.2 Å². The van der Waals surface area contributed by atoms with Crippen molar-refractivity contribution in [3.63, 3.8) is 0 Å². The summed E-state index contributed by atoms with van der Waals surface area (Å²) in [5.41, 5.74) is 5.50. The highest BCUT2D eigenvalue weighted by molar-refractivity contribution is 5.96. The number of amides is 4. The Morgan fingerprint density at radius 1 is 0.929 bits per heavy atom. The van der Waals surface area contributed by atoms with Crippen LogP contribution in [0.1, 0.15) is 30.5 Å². The minimum Gasteiger partial charge on any atom is -0.333 e. The number of hydrazine groups is 1. The van der Waals surface area contributed by atoms with Gasteiger partial charge in [-0.25, -0.2) is 15.6 Å². The number of nitrogens with one attached hydrogen (secondary N) is 4. The zero-order valence-corrected chi connectivity index (χ0v) is 15.8. The summed E-state index contributed by atoms with van der Waals surface area (Å²) in [4.78, 5) is 38.0. The number of urea groups is 1. The van der Waals surface area contributed by atoms with E-state index in [9.17, 15) is 14.4 Å². The van der Waals surface area contributed by atoms with Gasteiger partial charge in [0.15, 0.2) is 5.82 Å². The predicted octanol–water partition coefficient (Wildman–Crippen LogP) is 1.46. The highest BCUT2D eigenvalue weighted by Crippen LogP contribution is 2.21. The molecular formula is C19H24N6O3. The summed E-state index contributed by atoms with van der Waals surface area (Å²) in [6.45, 7) is 3.17. The van der Waals surface area contributed by atoms with Crippen LogP contribution in [0.5, 0.6) is 0 Å². The molecule has 0 saturated carbocycles. The zero-order chi connectivity index (χ0) is 20.5. The molecular weight excluding hydrogens is 360 g/mol. The molecule has 0 aliphatic carbocycles. The normalized spacial score (nSPS) is 10.1. The fourth-order valence-corrected chi connectivity index (χ4v) is 2.54. The molecule has 0 aliphatic rings. The average Bonchev–Trinajstić information content (AvgIpc) is 2.66. The van der Waals surface area contributed by atoms with Crippen LogP contribution in [0.2, 0.25) is 0 Å². The van der Waals surface area contributed by atoms with Crippen LogP contribution in [-0.4, -0.2) is 22.8 Å². The van der Waals surface area contributed by atoms with Crippen molar-refractivity contribution in [3.8, 4) is 0 Å². The Labute approximate surface area is 163 Å². The van der Waals surface area contributed by atoms with E-state index in [1.54, 1.807) is 6.20 Å². The van der Waals surface area contributed by atoms with E-state index in [4.69, 9.17) is 5.84 Å². The first-order chi connectivity index (χ1) is 13.4. The van der Waals surface area contributed by atoms with Gasteiger partial charge < -0.3 is 16.0 Å². The Balaban J connectivity index is 2.00. The molecule has 0 radical (unpaired) electrons. The minimum absolute atomic E-state index is 0.238. The Hall–Kier alpha value is -3.46. The Kier molecular flexibility index (Phi) is 7.46. The van der Waals surface area contributed by atoms with E-state index in [0.29, 0.717) is 24.5 Å². The summed E-state index contributed by atoms with van der Waals surface area (Å²) >= 11 is 0. The van der Waals surface area contributed by atoms with Gasteiger partial charge in [-0.05, 0) is 35.6 Å². The molecule has 4 amide bonds. The van der Waals surface area contributed by atoms with Gasteiger partial charge in [-0.1, -0.05) is 24.3 Å². The molecule has 9 nitrogen and oxygen atoms in total. The SMILES string of the molecule is CC(=O)Nc1cc(CCc2ccc(CNC(=O)NN)cc2)cnc1NC(C)=O. The van der Waals surface area contributed by atoms with Gasteiger partial charge >= 0.3 is 6.03 Å². The highest BCUT2D eigenvalue weighted by Gasteiger charge is 2.09. The third kappa shape index (κ3) is 6.69. The van der Waals surface area contributed by atoms with Crippen LogP contribution in [-0.2, 0) is 29.0 Å². The van der Waals surface area contributed by atoms with Gasteiger partial charge in [0.1, 0.15) is 0 Å². The second-order valence-corrected chi connectivity index (χ2v) is 6.25. The maximum Gasteiger partial charge on any atom is 0.329 e. The fraction of sp³-hybridized carbons (Fsp3) is 0.263. The third-order valence-electron chi connectivity index (χ3n) is 3.86. The van der Waals surface area contributed by atoms with Crippen molar-refractivity contribution in [1.82, 2.24) is 15.7 Å². The monoisotopic (exact) mass is 384 g/mol. The maximum atomic E-state index is 11.4. The lowest BCUT2D eigenvalue weighted by Crippen LogP contribution is -2.39. The largest absolute Gasteiger partial charge is 0.333 e. The van der Waals surface area contributed by atoms with Gasteiger partial charge in [-0.2, -0.15) is 0 Å². The summed E-state index contributed by atoms with van der Waals surface area (Å²) in [5, 5.41) is 7.91. The molecule has 0 fully saturated rings. The van der Waals surface area contributed by atoms with Crippen molar-refractivity contribution >= 4 is 29.4 Å². The maximum absolute atomic E-state index is 11.4. The van der Waals surface area contributed by atoms with Crippen LogP contribution >= 0.6 is 0 Å². The van der Waals surface area contributed by atoms with Crippen molar-refractivity contribution in [3.05, 3.63) is 53.2 Å². The van der Waals surface area contributed by atoms with Crippen molar-refractivity contribution in [2.75, 3.05) is 10.6 Å². The molecule has 0 aliphatic heterocycles. The quantitative estimate of drug-likeness (QED) is 0.279. The molecule has 0 spiro atoms. The van der Waals surface area contributed by atoms with E-state index in [-0.39, 0.29) is 11.8 Å². The second kappa shape index (κ2) is 10.0. The standard InChI is InChI=1S/C19H24N6O3/c1-12(26)23-17-9-16(11-21-18(17)24-13(2)27)8-5-14-3-6-15(7-4-14)10-22-19(28)25-20/h3-4,6-7,9,11H,5,8,10,20H2,1-2H3,(H,23,26)(H,21,24,27)(H2,22,25,28). The van der Waals surface area contributed by atoms with Crippen LogP contribution in [0.15, 0.2) is 36.5 Å². The van der Waals surface area contributed by atoms with E-state index in [2.05, 4.69) is 20.9 Å². The van der Waals surface area contributed by atoms with Crippen LogP contribution in [0.25, 0.3) is 0 Å². The van der Waals surface area contributed by atoms with Gasteiger partial charge in [0.2, 0.25) is 11.8 Å². The molecule has 2 rings (SSSR count). The van der Waals surface area contributed by atoms with Gasteiger partial charge in [-0.3, -0.25) is 15.0 Å². The minimum atomic E-state index is -0.436. The summed E-state index contributed by atoms with van der Waals surface area (Å²) in [6, 6.07) is 9.23. The number of aromatic nitrogens is 1. The lowest BCUT2D eigenvalue weighted by atomic mass is 10.0. The van der Waals surface area contributed by atoms with Crippen LogP contribution in [0.3, 0.4) is 0 Å². The van der Waals surface area contributed by atoms with Crippen molar-refractivity contribution < 1.29 is 14.4 Å². The number of nitrogens with zero attached hydrogens (tertiary/aromatic N) is 1. The molecule has 0 saturated heterocycles. The first-order valence-electron chi connectivity index (χ1n) is 8.73. The number of anilines is 2. The van der Waals surface area contributed by atoms with E-state index < -0.39 is 6.03 Å². The Bertz CT molecular complexity index is 851. The number of rotatable bonds is 7. The summed E-state index contributed by atoms with van der Waals surface area (Å²) in [7, 11) is 0. The van der Waals surface area contributed by atoms with E-state index in [1.165, 1.54) is 13.8 Å². The van der Waals surface area contributed by atoms with E-state index >= 15 is 0 Å². The van der Waals surface area contributed by atoms with Gasteiger partial charge in [0.05, 0.1) is 5.69 Å². The molecule has 0 atom stereocenters. The summed E-state index contributed by atoms with van der Waals surface area (Å²) in [6.07, 6.45) is 3.17. The average molecular weight is 384 g/mol. The molecule has 0 unspecified atom stereocenters. The smallest absolute Gasteiger partial charge is 0.329 e. The van der Waals surface area contributed by atoms with Gasteiger partial charge in [0.25, 0.3) is 0 Å². The molecule has 6 N–H and O–H groups in total. The van der Waals surface area contributed by atoms with Gasteiger partial charge in [-0.15, -0.1) is 0 Å². The highest BCUT2D eigenvalue weighted by atomic mass is 16.2. The number of aryl methyl sites for hydroxylation is 2. The number of benzene rings is 1. The number of hydrogen-bond acceptors (Lipinski definition) is 5. The molecule has 1 aromatic heterocycles. The van der Waals surface area contributed by atoms with Crippen molar-refractivity contribution in [1.29, 1.82) is 0 Å². The topological polar surface area (TPSA) is 138 Å². The molecule has 0 bridgehead atoms. The Morgan fingerprint density at radius 3 is 2.14 bits per heavy atom. The number of carbonyl (C=O) groups excluding carboxylic acids is 3. The number of hydrogen-bond donors (Lipinski definition) is 5. The van der Waals surface area contributed by atoms with Crippen LogP contribution in [0, 0.1) is 0 Å². The van der Waals surface area contributed by atoms with Crippen LogP contribution in [0.4, 0.5) is 16.3 Å². The molecule has 1 aromatic carbocycles. The first-order valence-corrected chi connectivity index (χ1v) is 8.73. The number of pyridine rings is 1. The number of carbonyl (C=O) groups is 3. The van der Waals surface area contributed by atoms with Gasteiger partial charge in [0, 0.05) is 26.6 Å². The summed E-state index contributed by atoms with van der Waals surface area (Å²) < 4.78 is 0. The predicted molar refractivity (Wildman–Crippen MR) is 106 cm³/mol. The number of nitrogens with two attached hydrogens (primary N) is 1. The molecule has 28 heavy (non-hydrogen) atoms. The van der Waals surface area contributed by atoms with E-state index in [1.807, 2.05) is 35.8 Å².